The fourth-order valence-corrected chi connectivity index (χ4v) is 5.39. The molecule has 2 aromatic carbocycles. The van der Waals surface area contributed by atoms with E-state index in [1.807, 2.05) is 0 Å². The van der Waals surface area contributed by atoms with Crippen LogP contribution in [0.3, 0.4) is 0 Å². The van der Waals surface area contributed by atoms with Crippen molar-refractivity contribution in [2.75, 3.05) is 13.7 Å². The first-order chi connectivity index (χ1) is 19.4. The van der Waals surface area contributed by atoms with Gasteiger partial charge in [0.1, 0.15) is 10.6 Å². The van der Waals surface area contributed by atoms with Gasteiger partial charge in [0.15, 0.2) is 11.3 Å². The number of alkyl halides is 6. The number of methoxy groups -OCH3 is 1. The first-order valence-corrected chi connectivity index (χ1v) is 13.4. The molecule has 0 saturated carbocycles. The molecule has 0 fully saturated rings. The summed E-state index contributed by atoms with van der Waals surface area (Å²) in [6.45, 7) is 2.43. The van der Waals surface area contributed by atoms with Crippen LogP contribution in [0.2, 0.25) is 0 Å². The van der Waals surface area contributed by atoms with Crippen LogP contribution in [0.1, 0.15) is 36.2 Å². The van der Waals surface area contributed by atoms with Crippen LogP contribution in [-0.2, 0) is 22.4 Å². The second kappa shape index (κ2) is 10.9. The van der Waals surface area contributed by atoms with Crippen molar-refractivity contribution in [1.29, 1.82) is 0 Å². The Morgan fingerprint density at radius 3 is 2.21 bits per heavy atom. The third-order valence-corrected chi connectivity index (χ3v) is 7.59. The maximum Gasteiger partial charge on any atom is 0.433 e. The zero-order valence-corrected chi connectivity index (χ0v) is 22.9. The molecule has 222 valence electrons. The second-order valence-corrected chi connectivity index (χ2v) is 11.3. The molecule has 0 aliphatic rings. The lowest BCUT2D eigenvalue weighted by atomic mass is 10.1. The summed E-state index contributed by atoms with van der Waals surface area (Å²) in [4.78, 5) is 3.89. The molecule has 0 atom stereocenters. The van der Waals surface area contributed by atoms with Crippen molar-refractivity contribution in [2.45, 2.75) is 36.6 Å². The molecular formula is C27H22F6N4O4S. The highest BCUT2D eigenvalue weighted by atomic mass is 32.2. The van der Waals surface area contributed by atoms with E-state index in [0.29, 0.717) is 10.6 Å². The molecular weight excluding hydrogens is 590 g/mol. The first kappa shape index (κ1) is 30.8. The third-order valence-electron chi connectivity index (χ3n) is 5.87. The maximum atomic E-state index is 13.9. The van der Waals surface area contributed by atoms with Crippen LogP contribution in [0.5, 0.6) is 5.75 Å². The summed E-state index contributed by atoms with van der Waals surface area (Å²) >= 11 is 0. The number of halogens is 6. The summed E-state index contributed by atoms with van der Waals surface area (Å²) in [5, 5.41) is 13.2. The highest BCUT2D eigenvalue weighted by Crippen LogP contribution is 2.34. The number of sulfonamides is 1. The number of benzene rings is 2. The first-order valence-electron chi connectivity index (χ1n) is 11.9. The number of fused-ring (bicyclic) bond motifs is 1. The number of rotatable bonds is 6. The number of aliphatic hydroxyl groups is 1. The van der Waals surface area contributed by atoms with E-state index >= 15 is 0 Å². The number of aromatic nitrogens is 3. The standard InChI is InChI=1S/C27H22F6N4O4S/c1-25(2,15-38)36-42(39,40)22-12-16(5-11-21(22)41-3)4-6-18-14-34-37-23(27(31,32)33)13-20(35-24(18)37)17-7-9-19(10-8-17)26(28,29)30/h5,7-14,36,38H,15H2,1-3H3. The van der Waals surface area contributed by atoms with Gasteiger partial charge in [-0.15, -0.1) is 0 Å². The number of aliphatic hydroxyl groups excluding tert-OH is 1. The van der Waals surface area contributed by atoms with Crippen LogP contribution in [0.25, 0.3) is 16.9 Å². The SMILES string of the molecule is COc1ccc(C#Cc2cnn3c(C(F)(F)F)cc(-c4ccc(C(F)(F)F)cc4)nc23)cc1S(=O)(=O)NC(C)(C)CO. The van der Waals surface area contributed by atoms with E-state index in [9.17, 15) is 39.9 Å². The van der Waals surface area contributed by atoms with Gasteiger partial charge in [0, 0.05) is 11.1 Å². The molecule has 2 aromatic heterocycles. The summed E-state index contributed by atoms with van der Waals surface area (Å²) in [5.74, 6) is 5.29. The molecule has 15 heteroatoms. The molecule has 4 aromatic rings. The van der Waals surface area contributed by atoms with Gasteiger partial charge in [-0.05, 0) is 50.2 Å². The molecule has 0 unspecified atom stereocenters. The Labute approximate surface area is 236 Å². The topological polar surface area (TPSA) is 106 Å². The van der Waals surface area contributed by atoms with Gasteiger partial charge in [-0.25, -0.2) is 22.6 Å². The Balaban J connectivity index is 1.81. The van der Waals surface area contributed by atoms with E-state index in [4.69, 9.17) is 4.74 Å². The number of nitrogens with zero attached hydrogens (tertiary/aromatic N) is 3. The minimum atomic E-state index is -4.90. The third kappa shape index (κ3) is 6.51. The molecule has 0 bridgehead atoms. The predicted octanol–water partition coefficient (Wildman–Crippen LogP) is 4.89. The molecule has 0 amide bonds. The highest BCUT2D eigenvalue weighted by Gasteiger charge is 2.36. The van der Waals surface area contributed by atoms with E-state index in [1.54, 1.807) is 0 Å². The molecule has 0 aliphatic heterocycles. The molecule has 42 heavy (non-hydrogen) atoms. The number of nitrogens with one attached hydrogen (secondary N) is 1. The second-order valence-electron chi connectivity index (χ2n) is 9.66. The van der Waals surface area contributed by atoms with Crippen molar-refractivity contribution in [3.05, 3.63) is 77.1 Å². The van der Waals surface area contributed by atoms with E-state index in [2.05, 4.69) is 26.6 Å². The Hall–Kier alpha value is -4.13. The molecule has 0 aliphatic carbocycles. The van der Waals surface area contributed by atoms with Crippen LogP contribution in [0.15, 0.2) is 59.6 Å². The summed E-state index contributed by atoms with van der Waals surface area (Å²) in [7, 11) is -2.94. The van der Waals surface area contributed by atoms with Crippen LogP contribution < -0.4 is 9.46 Å². The van der Waals surface area contributed by atoms with Gasteiger partial charge in [-0.3, -0.25) is 0 Å². The summed E-state index contributed by atoms with van der Waals surface area (Å²) < 4.78 is 115. The van der Waals surface area contributed by atoms with Crippen molar-refractivity contribution in [3.63, 3.8) is 0 Å². The molecule has 2 heterocycles. The van der Waals surface area contributed by atoms with Crippen molar-refractivity contribution in [2.24, 2.45) is 0 Å². The number of hydrogen-bond acceptors (Lipinski definition) is 6. The Morgan fingerprint density at radius 2 is 1.64 bits per heavy atom. The van der Waals surface area contributed by atoms with Crippen molar-refractivity contribution in [3.8, 4) is 28.8 Å². The van der Waals surface area contributed by atoms with Crippen LogP contribution in [0, 0.1) is 11.8 Å². The zero-order chi connectivity index (χ0) is 31.1. The van der Waals surface area contributed by atoms with Gasteiger partial charge in [-0.1, -0.05) is 24.0 Å². The molecule has 4 rings (SSSR count). The van der Waals surface area contributed by atoms with Gasteiger partial charge < -0.3 is 9.84 Å². The smallest absolute Gasteiger partial charge is 0.433 e. The van der Waals surface area contributed by atoms with Gasteiger partial charge in [0.05, 0.1) is 42.3 Å². The molecule has 0 radical (unpaired) electrons. The highest BCUT2D eigenvalue weighted by molar-refractivity contribution is 7.89. The fraction of sp³-hybridized carbons (Fsp3) is 0.259. The lowest BCUT2D eigenvalue weighted by molar-refractivity contribution is -0.142. The van der Waals surface area contributed by atoms with Gasteiger partial charge in [0.25, 0.3) is 0 Å². The predicted molar refractivity (Wildman–Crippen MR) is 139 cm³/mol. The van der Waals surface area contributed by atoms with E-state index in [0.717, 1.165) is 30.5 Å². The fourth-order valence-electron chi connectivity index (χ4n) is 3.79. The van der Waals surface area contributed by atoms with Gasteiger partial charge in [0.2, 0.25) is 10.0 Å². The lowest BCUT2D eigenvalue weighted by Crippen LogP contribution is -2.46. The Bertz CT molecular complexity index is 1800. The zero-order valence-electron chi connectivity index (χ0n) is 22.1. The lowest BCUT2D eigenvalue weighted by Gasteiger charge is -2.23. The van der Waals surface area contributed by atoms with Gasteiger partial charge in [-0.2, -0.15) is 31.4 Å². The molecule has 0 saturated heterocycles. The Morgan fingerprint density at radius 1 is 0.976 bits per heavy atom. The largest absolute Gasteiger partial charge is 0.495 e. The van der Waals surface area contributed by atoms with E-state index < -0.39 is 45.8 Å². The molecule has 0 spiro atoms. The summed E-state index contributed by atoms with van der Waals surface area (Å²) in [6.07, 6.45) is -8.49. The Kier molecular flexibility index (Phi) is 8.02. The number of hydrogen-bond donors (Lipinski definition) is 2. The number of ether oxygens (including phenoxy) is 1. The molecule has 2 N–H and O–H groups in total. The molecule has 8 nitrogen and oxygen atoms in total. The average Bonchev–Trinajstić information content (AvgIpc) is 3.32. The maximum absolute atomic E-state index is 13.9. The van der Waals surface area contributed by atoms with E-state index in [-0.39, 0.29) is 38.7 Å². The van der Waals surface area contributed by atoms with Crippen molar-refractivity contribution < 1.29 is 44.6 Å². The quantitative estimate of drug-likeness (QED) is 0.237. The minimum absolute atomic E-state index is 0.000541. The van der Waals surface area contributed by atoms with E-state index in [1.165, 1.54) is 39.2 Å². The normalized spacial score (nSPS) is 12.7. The van der Waals surface area contributed by atoms with Crippen LogP contribution in [-0.4, -0.2) is 47.4 Å². The summed E-state index contributed by atoms with van der Waals surface area (Å²) in [5.41, 5.74) is -3.90. The minimum Gasteiger partial charge on any atom is -0.495 e. The van der Waals surface area contributed by atoms with Crippen LogP contribution in [0.4, 0.5) is 26.3 Å². The van der Waals surface area contributed by atoms with Crippen molar-refractivity contribution in [1.82, 2.24) is 19.3 Å². The summed E-state index contributed by atoms with van der Waals surface area (Å²) in [6, 6.07) is 8.11. The van der Waals surface area contributed by atoms with Gasteiger partial charge >= 0.3 is 12.4 Å². The van der Waals surface area contributed by atoms with Crippen LogP contribution >= 0.6 is 0 Å². The monoisotopic (exact) mass is 612 g/mol. The van der Waals surface area contributed by atoms with Crippen molar-refractivity contribution >= 4 is 15.7 Å². The average molecular weight is 613 g/mol.